The Bertz CT molecular complexity index is 934. The van der Waals surface area contributed by atoms with Gasteiger partial charge >= 0.3 is 0 Å². The van der Waals surface area contributed by atoms with E-state index in [1.165, 1.54) is 10.9 Å². The van der Waals surface area contributed by atoms with E-state index in [1.54, 1.807) is 6.26 Å². The number of halogens is 2. The predicted octanol–water partition coefficient (Wildman–Crippen LogP) is 3.36. The third-order valence-electron chi connectivity index (χ3n) is 5.17. The average molecular weight is 529 g/mol. The predicted molar refractivity (Wildman–Crippen MR) is 127 cm³/mol. The SMILES string of the molecule is CN=C(NCCc1c[nH]c2ccc(Cl)cc12)N1CCN(Cc2ccon2)CC1.I. The van der Waals surface area contributed by atoms with Crippen molar-refractivity contribution in [2.45, 2.75) is 13.0 Å². The van der Waals surface area contributed by atoms with Crippen molar-refractivity contribution in [3.8, 4) is 0 Å². The van der Waals surface area contributed by atoms with Gasteiger partial charge in [-0.05, 0) is 30.2 Å². The van der Waals surface area contributed by atoms with Crippen molar-refractivity contribution >= 4 is 52.4 Å². The van der Waals surface area contributed by atoms with Gasteiger partial charge in [0, 0.05) is 74.5 Å². The highest BCUT2D eigenvalue weighted by Crippen LogP contribution is 2.22. The van der Waals surface area contributed by atoms with E-state index in [4.69, 9.17) is 16.1 Å². The van der Waals surface area contributed by atoms with Crippen molar-refractivity contribution in [2.75, 3.05) is 39.8 Å². The molecule has 1 fully saturated rings. The molecule has 3 heterocycles. The molecule has 2 N–H and O–H groups in total. The fraction of sp³-hybridized carbons (Fsp3) is 0.400. The molecule has 0 unspecified atom stereocenters. The molecule has 0 bridgehead atoms. The number of benzene rings is 1. The second-order valence-electron chi connectivity index (χ2n) is 6.98. The molecule has 2 aromatic heterocycles. The van der Waals surface area contributed by atoms with E-state index in [0.29, 0.717) is 0 Å². The van der Waals surface area contributed by atoms with Crippen LogP contribution in [0.15, 0.2) is 46.2 Å². The smallest absolute Gasteiger partial charge is 0.193 e. The lowest BCUT2D eigenvalue weighted by Crippen LogP contribution is -2.52. The topological polar surface area (TPSA) is 72.7 Å². The molecule has 1 saturated heterocycles. The first-order valence-electron chi connectivity index (χ1n) is 9.55. The number of rotatable bonds is 5. The van der Waals surface area contributed by atoms with Crippen molar-refractivity contribution in [3.63, 3.8) is 0 Å². The third-order valence-corrected chi connectivity index (χ3v) is 5.40. The number of fused-ring (bicyclic) bond motifs is 1. The Balaban J connectivity index is 0.00000240. The van der Waals surface area contributed by atoms with Crippen LogP contribution in [0.1, 0.15) is 11.3 Å². The highest BCUT2D eigenvalue weighted by atomic mass is 127. The molecule has 1 aliphatic rings. The minimum absolute atomic E-state index is 0. The molecule has 0 spiro atoms. The summed E-state index contributed by atoms with van der Waals surface area (Å²) in [5, 5.41) is 9.45. The number of nitrogens with one attached hydrogen (secondary N) is 2. The van der Waals surface area contributed by atoms with Crippen LogP contribution >= 0.6 is 35.6 Å². The van der Waals surface area contributed by atoms with Gasteiger partial charge in [-0.1, -0.05) is 16.8 Å². The Morgan fingerprint density at radius 2 is 2.10 bits per heavy atom. The average Bonchev–Trinajstić information content (AvgIpc) is 3.36. The first-order valence-corrected chi connectivity index (χ1v) is 9.93. The standard InChI is InChI=1S/C20H25ClN6O.HI/c1-22-20(27-9-7-26(8-10-27)14-17-5-11-28-25-17)23-6-4-15-13-24-19-3-2-16(21)12-18(15)19;/h2-3,5,11-13,24H,4,6-10,14H2,1H3,(H,22,23);1H. The lowest BCUT2D eigenvalue weighted by Gasteiger charge is -2.36. The summed E-state index contributed by atoms with van der Waals surface area (Å²) >= 11 is 6.14. The fourth-order valence-electron chi connectivity index (χ4n) is 3.66. The van der Waals surface area contributed by atoms with Gasteiger partial charge in [0.25, 0.3) is 0 Å². The molecular formula is C20H26ClIN6O. The van der Waals surface area contributed by atoms with Crippen LogP contribution in [0.5, 0.6) is 0 Å². The monoisotopic (exact) mass is 528 g/mol. The molecule has 0 radical (unpaired) electrons. The molecule has 9 heteroatoms. The summed E-state index contributed by atoms with van der Waals surface area (Å²) in [6, 6.07) is 7.87. The molecule has 3 aromatic rings. The quantitative estimate of drug-likeness (QED) is 0.302. The Hall–Kier alpha value is -1.78. The van der Waals surface area contributed by atoms with Gasteiger partial charge in [-0.2, -0.15) is 0 Å². The zero-order chi connectivity index (χ0) is 19.3. The Kier molecular flexibility index (Phi) is 7.79. The van der Waals surface area contributed by atoms with Gasteiger partial charge in [-0.3, -0.25) is 9.89 Å². The Morgan fingerprint density at radius 3 is 2.83 bits per heavy atom. The zero-order valence-corrected chi connectivity index (χ0v) is 19.5. The molecule has 0 atom stereocenters. The number of nitrogens with zero attached hydrogens (tertiary/aromatic N) is 4. The van der Waals surface area contributed by atoms with Crippen molar-refractivity contribution in [1.82, 2.24) is 25.3 Å². The van der Waals surface area contributed by atoms with Crippen LogP contribution < -0.4 is 5.32 Å². The summed E-state index contributed by atoms with van der Waals surface area (Å²) in [6.07, 6.45) is 4.60. The van der Waals surface area contributed by atoms with Crippen LogP contribution in [0, 0.1) is 0 Å². The molecule has 0 aliphatic carbocycles. The van der Waals surface area contributed by atoms with Crippen molar-refractivity contribution < 1.29 is 4.52 Å². The lowest BCUT2D eigenvalue weighted by molar-refractivity contribution is 0.169. The zero-order valence-electron chi connectivity index (χ0n) is 16.4. The second kappa shape index (κ2) is 10.3. The van der Waals surface area contributed by atoms with E-state index in [0.717, 1.165) is 67.9 Å². The maximum atomic E-state index is 6.14. The summed E-state index contributed by atoms with van der Waals surface area (Å²) in [5.41, 5.74) is 3.36. The fourth-order valence-corrected chi connectivity index (χ4v) is 3.84. The highest BCUT2D eigenvalue weighted by molar-refractivity contribution is 14.0. The normalized spacial score (nSPS) is 15.5. The minimum Gasteiger partial charge on any atom is -0.364 e. The van der Waals surface area contributed by atoms with Crippen LogP contribution in [0.2, 0.25) is 5.02 Å². The number of hydrogen-bond donors (Lipinski definition) is 2. The summed E-state index contributed by atoms with van der Waals surface area (Å²) in [6.45, 7) is 5.51. The summed E-state index contributed by atoms with van der Waals surface area (Å²) in [7, 11) is 1.84. The van der Waals surface area contributed by atoms with Gasteiger partial charge in [-0.25, -0.2) is 0 Å². The third kappa shape index (κ3) is 5.43. The molecule has 4 rings (SSSR count). The van der Waals surface area contributed by atoms with Crippen LogP contribution in [0.3, 0.4) is 0 Å². The van der Waals surface area contributed by atoms with Gasteiger partial charge in [0.05, 0.1) is 5.69 Å². The van der Waals surface area contributed by atoms with Crippen molar-refractivity contribution in [1.29, 1.82) is 0 Å². The van der Waals surface area contributed by atoms with E-state index in [9.17, 15) is 0 Å². The summed E-state index contributed by atoms with van der Waals surface area (Å²) in [4.78, 5) is 12.5. The van der Waals surface area contributed by atoms with E-state index in [2.05, 4.69) is 36.4 Å². The number of aliphatic imine (C=N–C) groups is 1. The number of H-pyrrole nitrogens is 1. The van der Waals surface area contributed by atoms with Gasteiger partial charge in [0.15, 0.2) is 5.96 Å². The lowest BCUT2D eigenvalue weighted by atomic mass is 10.1. The van der Waals surface area contributed by atoms with E-state index in [-0.39, 0.29) is 24.0 Å². The molecule has 29 heavy (non-hydrogen) atoms. The number of aromatic nitrogens is 2. The number of piperazine rings is 1. The summed E-state index contributed by atoms with van der Waals surface area (Å²) in [5.74, 6) is 0.957. The Morgan fingerprint density at radius 1 is 1.28 bits per heavy atom. The highest BCUT2D eigenvalue weighted by Gasteiger charge is 2.20. The van der Waals surface area contributed by atoms with Crippen LogP contribution in [-0.2, 0) is 13.0 Å². The number of aromatic amines is 1. The van der Waals surface area contributed by atoms with Crippen LogP contribution in [-0.4, -0.2) is 65.7 Å². The first-order chi connectivity index (χ1) is 13.7. The van der Waals surface area contributed by atoms with Gasteiger partial charge < -0.3 is 19.7 Å². The molecule has 1 aliphatic heterocycles. The van der Waals surface area contributed by atoms with Gasteiger partial charge in [-0.15, -0.1) is 24.0 Å². The van der Waals surface area contributed by atoms with E-state index >= 15 is 0 Å². The minimum atomic E-state index is 0. The van der Waals surface area contributed by atoms with Crippen LogP contribution in [0.25, 0.3) is 10.9 Å². The van der Waals surface area contributed by atoms with Gasteiger partial charge in [0.2, 0.25) is 0 Å². The van der Waals surface area contributed by atoms with Gasteiger partial charge in [0.1, 0.15) is 6.26 Å². The molecular weight excluding hydrogens is 503 g/mol. The molecule has 0 saturated carbocycles. The second-order valence-corrected chi connectivity index (χ2v) is 7.42. The Labute approximate surface area is 192 Å². The number of guanidine groups is 1. The first kappa shape index (κ1) is 21.9. The number of hydrogen-bond acceptors (Lipinski definition) is 4. The molecule has 7 nitrogen and oxygen atoms in total. The maximum absolute atomic E-state index is 6.14. The summed E-state index contributed by atoms with van der Waals surface area (Å²) < 4.78 is 4.92. The largest absolute Gasteiger partial charge is 0.364 e. The van der Waals surface area contributed by atoms with Crippen molar-refractivity contribution in [2.24, 2.45) is 4.99 Å². The maximum Gasteiger partial charge on any atom is 0.193 e. The molecule has 1 aromatic carbocycles. The van der Waals surface area contributed by atoms with Crippen LogP contribution in [0.4, 0.5) is 0 Å². The van der Waals surface area contributed by atoms with Crippen molar-refractivity contribution in [3.05, 3.63) is 53.0 Å². The molecule has 0 amide bonds. The molecule has 156 valence electrons. The van der Waals surface area contributed by atoms with E-state index < -0.39 is 0 Å². The van der Waals surface area contributed by atoms with E-state index in [1.807, 2.05) is 31.3 Å².